The standard InChI is InChI=1S/C10H8.C2H5N3O2/c1-2-6-10-8-4-3-7-9(10)5-1;3-1(6)5-2(4)7/h1-8H;(H5,3,4,5,6,7). The van der Waals surface area contributed by atoms with Crippen molar-refractivity contribution in [3.63, 3.8) is 0 Å². The highest BCUT2D eigenvalue weighted by molar-refractivity contribution is 5.91. The first-order valence-electron chi connectivity index (χ1n) is 4.89. The molecule has 0 bridgehead atoms. The Labute approximate surface area is 98.4 Å². The Morgan fingerprint density at radius 3 is 1.24 bits per heavy atom. The van der Waals surface area contributed by atoms with Crippen molar-refractivity contribution in [2.45, 2.75) is 0 Å². The fraction of sp³-hybridized carbons (Fsp3) is 0. The van der Waals surface area contributed by atoms with Crippen molar-refractivity contribution in [3.8, 4) is 0 Å². The lowest BCUT2D eigenvalue weighted by Crippen LogP contribution is -2.38. The summed E-state index contributed by atoms with van der Waals surface area (Å²) in [6.07, 6.45) is 0. The molecule has 88 valence electrons. The normalized spacial score (nSPS) is 8.94. The van der Waals surface area contributed by atoms with Gasteiger partial charge in [0.05, 0.1) is 0 Å². The minimum atomic E-state index is -0.938. The second-order valence-corrected chi connectivity index (χ2v) is 3.20. The topological polar surface area (TPSA) is 98.2 Å². The number of amides is 4. The fourth-order valence-corrected chi connectivity index (χ4v) is 1.25. The summed E-state index contributed by atoms with van der Waals surface area (Å²) in [5.74, 6) is 0. The molecule has 2 aromatic carbocycles. The number of nitrogens with one attached hydrogen (secondary N) is 1. The maximum Gasteiger partial charge on any atom is 0.320 e. The largest absolute Gasteiger partial charge is 0.351 e. The molecule has 0 fully saturated rings. The number of hydrogen-bond donors (Lipinski definition) is 3. The molecule has 0 spiro atoms. The number of nitrogens with two attached hydrogens (primary N) is 2. The number of carbonyl (C=O) groups is 2. The van der Waals surface area contributed by atoms with E-state index in [9.17, 15) is 9.59 Å². The van der Waals surface area contributed by atoms with E-state index >= 15 is 0 Å². The number of rotatable bonds is 0. The van der Waals surface area contributed by atoms with E-state index in [1.165, 1.54) is 10.8 Å². The zero-order chi connectivity index (χ0) is 12.7. The van der Waals surface area contributed by atoms with Gasteiger partial charge in [0.2, 0.25) is 0 Å². The summed E-state index contributed by atoms with van der Waals surface area (Å²) in [4.78, 5) is 19.2. The zero-order valence-corrected chi connectivity index (χ0v) is 9.09. The number of carbonyl (C=O) groups excluding carboxylic acids is 2. The molecule has 5 N–H and O–H groups in total. The number of primary amides is 2. The van der Waals surface area contributed by atoms with Gasteiger partial charge >= 0.3 is 12.1 Å². The summed E-state index contributed by atoms with van der Waals surface area (Å²) < 4.78 is 0. The van der Waals surface area contributed by atoms with Crippen LogP contribution in [0.15, 0.2) is 48.5 Å². The van der Waals surface area contributed by atoms with E-state index in [-0.39, 0.29) is 0 Å². The third-order valence-electron chi connectivity index (χ3n) is 1.91. The summed E-state index contributed by atoms with van der Waals surface area (Å²) >= 11 is 0. The Balaban J connectivity index is 0.000000185. The number of benzene rings is 2. The molecule has 5 nitrogen and oxygen atoms in total. The number of hydrogen-bond acceptors (Lipinski definition) is 2. The van der Waals surface area contributed by atoms with Gasteiger partial charge in [-0.25, -0.2) is 9.59 Å². The Hall–Kier alpha value is -2.56. The van der Waals surface area contributed by atoms with Crippen molar-refractivity contribution in [1.82, 2.24) is 5.32 Å². The van der Waals surface area contributed by atoms with E-state index in [4.69, 9.17) is 0 Å². The smallest absolute Gasteiger partial charge is 0.320 e. The molecule has 0 atom stereocenters. The summed E-state index contributed by atoms with van der Waals surface area (Å²) in [6.45, 7) is 0. The summed E-state index contributed by atoms with van der Waals surface area (Å²) in [6, 6.07) is 14.8. The van der Waals surface area contributed by atoms with Crippen LogP contribution in [0, 0.1) is 0 Å². The molecule has 17 heavy (non-hydrogen) atoms. The van der Waals surface area contributed by atoms with E-state index in [1.54, 1.807) is 5.32 Å². The SMILES string of the molecule is NC(=O)NC(N)=O.c1ccc2ccccc2c1. The van der Waals surface area contributed by atoms with Crippen LogP contribution in [0.4, 0.5) is 9.59 Å². The van der Waals surface area contributed by atoms with Gasteiger partial charge in [-0.2, -0.15) is 0 Å². The highest BCUT2D eigenvalue weighted by atomic mass is 16.2. The molecule has 0 unspecified atom stereocenters. The number of fused-ring (bicyclic) bond motifs is 1. The maximum atomic E-state index is 9.62. The zero-order valence-electron chi connectivity index (χ0n) is 9.09. The second kappa shape index (κ2) is 6.12. The lowest BCUT2D eigenvalue weighted by molar-refractivity contribution is 0.236. The first-order chi connectivity index (χ1) is 8.09. The van der Waals surface area contributed by atoms with Crippen molar-refractivity contribution in [2.24, 2.45) is 11.5 Å². The highest BCUT2D eigenvalue weighted by Crippen LogP contribution is 2.11. The molecule has 5 heteroatoms. The van der Waals surface area contributed by atoms with Crippen LogP contribution < -0.4 is 16.8 Å². The average Bonchev–Trinajstić information content (AvgIpc) is 2.28. The van der Waals surface area contributed by atoms with Gasteiger partial charge in [0, 0.05) is 0 Å². The highest BCUT2D eigenvalue weighted by Gasteiger charge is 1.92. The third-order valence-corrected chi connectivity index (χ3v) is 1.91. The molecule has 0 heterocycles. The molecule has 0 aliphatic heterocycles. The van der Waals surface area contributed by atoms with Gasteiger partial charge in [0.1, 0.15) is 0 Å². The van der Waals surface area contributed by atoms with Gasteiger partial charge in [-0.1, -0.05) is 48.5 Å². The van der Waals surface area contributed by atoms with Crippen molar-refractivity contribution in [2.75, 3.05) is 0 Å². The van der Waals surface area contributed by atoms with Gasteiger partial charge in [-0.05, 0) is 10.8 Å². The lowest BCUT2D eigenvalue weighted by atomic mass is 10.1. The fourth-order valence-electron chi connectivity index (χ4n) is 1.25. The molecule has 2 aromatic rings. The van der Waals surface area contributed by atoms with Crippen LogP contribution in [0.25, 0.3) is 10.8 Å². The predicted molar refractivity (Wildman–Crippen MR) is 66.3 cm³/mol. The summed E-state index contributed by atoms with van der Waals surface area (Å²) in [5.41, 5.74) is 8.88. The Bertz CT molecular complexity index is 448. The van der Waals surface area contributed by atoms with Crippen LogP contribution >= 0.6 is 0 Å². The van der Waals surface area contributed by atoms with Crippen LogP contribution in [0.3, 0.4) is 0 Å². The minimum Gasteiger partial charge on any atom is -0.351 e. The summed E-state index contributed by atoms with van der Waals surface area (Å²) in [7, 11) is 0. The van der Waals surface area contributed by atoms with E-state index in [0.29, 0.717) is 0 Å². The van der Waals surface area contributed by atoms with Gasteiger partial charge < -0.3 is 11.5 Å². The van der Waals surface area contributed by atoms with Crippen LogP contribution in [0.2, 0.25) is 0 Å². The van der Waals surface area contributed by atoms with Crippen LogP contribution in [-0.2, 0) is 0 Å². The minimum absolute atomic E-state index is 0.937. The molecule has 0 radical (unpaired) electrons. The predicted octanol–water partition coefficient (Wildman–Crippen LogP) is 1.57. The third kappa shape index (κ3) is 4.65. The molecule has 0 saturated carbocycles. The van der Waals surface area contributed by atoms with E-state index < -0.39 is 12.1 Å². The maximum absolute atomic E-state index is 9.62. The van der Waals surface area contributed by atoms with Crippen molar-refractivity contribution in [3.05, 3.63) is 48.5 Å². The van der Waals surface area contributed by atoms with Gasteiger partial charge in [0.25, 0.3) is 0 Å². The van der Waals surface area contributed by atoms with Gasteiger partial charge in [0.15, 0.2) is 0 Å². The monoisotopic (exact) mass is 231 g/mol. The molecule has 0 aliphatic rings. The quantitative estimate of drug-likeness (QED) is 0.641. The molecule has 0 aliphatic carbocycles. The molecular weight excluding hydrogens is 218 g/mol. The van der Waals surface area contributed by atoms with Crippen LogP contribution in [0.5, 0.6) is 0 Å². The number of urea groups is 2. The van der Waals surface area contributed by atoms with Crippen molar-refractivity contribution >= 4 is 22.8 Å². The molecule has 4 amide bonds. The molecular formula is C12H13N3O2. The average molecular weight is 231 g/mol. The van der Waals surface area contributed by atoms with Crippen molar-refractivity contribution in [1.29, 1.82) is 0 Å². The Morgan fingerprint density at radius 1 is 0.765 bits per heavy atom. The molecule has 0 saturated heterocycles. The van der Waals surface area contributed by atoms with Crippen LogP contribution in [0.1, 0.15) is 0 Å². The molecule has 0 aromatic heterocycles. The first kappa shape index (κ1) is 12.5. The second-order valence-electron chi connectivity index (χ2n) is 3.20. The van der Waals surface area contributed by atoms with Crippen LogP contribution in [-0.4, -0.2) is 12.1 Å². The van der Waals surface area contributed by atoms with Crippen molar-refractivity contribution < 1.29 is 9.59 Å². The van der Waals surface area contributed by atoms with E-state index in [2.05, 4.69) is 60.0 Å². The Kier molecular flexibility index (Phi) is 4.50. The lowest BCUT2D eigenvalue weighted by Gasteiger charge is -1.92. The van der Waals surface area contributed by atoms with E-state index in [1.807, 2.05) is 0 Å². The Morgan fingerprint density at radius 2 is 1.06 bits per heavy atom. The number of imide groups is 1. The van der Waals surface area contributed by atoms with Gasteiger partial charge in [-0.3, -0.25) is 5.32 Å². The first-order valence-corrected chi connectivity index (χ1v) is 4.89. The van der Waals surface area contributed by atoms with E-state index in [0.717, 1.165) is 0 Å². The molecule has 2 rings (SSSR count). The van der Waals surface area contributed by atoms with Gasteiger partial charge in [-0.15, -0.1) is 0 Å². The summed E-state index contributed by atoms with van der Waals surface area (Å²) in [5, 5.41) is 4.20.